The molecule has 138 valence electrons. The molecule has 1 atom stereocenters. The normalized spacial score (nSPS) is 21.0. The van der Waals surface area contributed by atoms with Crippen molar-refractivity contribution in [1.82, 2.24) is 15.0 Å². The maximum Gasteiger partial charge on any atom is 0.276 e. The highest BCUT2D eigenvalue weighted by Crippen LogP contribution is 2.40. The van der Waals surface area contributed by atoms with Gasteiger partial charge in [-0.25, -0.2) is 0 Å². The molecule has 1 amide bonds. The molecule has 1 saturated carbocycles. The first kappa shape index (κ1) is 17.3. The molecule has 26 heavy (non-hydrogen) atoms. The zero-order chi connectivity index (χ0) is 17.9. The second kappa shape index (κ2) is 7.62. The van der Waals surface area contributed by atoms with Gasteiger partial charge in [-0.15, -0.1) is 0 Å². The molecule has 0 N–H and O–H groups in total. The first-order valence-electron chi connectivity index (χ1n) is 9.71. The zero-order valence-electron chi connectivity index (χ0n) is 15.4. The Balaban J connectivity index is 1.34. The topological polar surface area (TPSA) is 49.6 Å². The zero-order valence-corrected chi connectivity index (χ0v) is 15.4. The van der Waals surface area contributed by atoms with Crippen LogP contribution < -0.4 is 0 Å². The predicted molar refractivity (Wildman–Crippen MR) is 99.9 cm³/mol. The summed E-state index contributed by atoms with van der Waals surface area (Å²) in [7, 11) is 2.19. The Hall–Kier alpha value is -2.14. The average molecular weight is 353 g/mol. The Bertz CT molecular complexity index is 739. The van der Waals surface area contributed by atoms with Crippen molar-refractivity contribution in [2.24, 2.45) is 0 Å². The molecule has 1 aliphatic heterocycles. The lowest BCUT2D eigenvalue weighted by molar-refractivity contribution is 0.0747. The molecule has 0 radical (unpaired) electrons. The number of rotatable bonds is 5. The third-order valence-electron chi connectivity index (χ3n) is 5.61. The fraction of sp³-hybridized carbons (Fsp3) is 0.524. The molecule has 0 spiro atoms. The fourth-order valence-electron chi connectivity index (χ4n) is 3.84. The molecule has 1 aromatic heterocycles. The summed E-state index contributed by atoms with van der Waals surface area (Å²) in [6.07, 6.45) is 5.47. The molecular formula is C21H27N3O2. The third kappa shape index (κ3) is 3.98. The fourth-order valence-corrected chi connectivity index (χ4v) is 3.84. The summed E-state index contributed by atoms with van der Waals surface area (Å²) < 4.78 is 5.35. The van der Waals surface area contributed by atoms with Gasteiger partial charge in [-0.3, -0.25) is 9.69 Å². The van der Waals surface area contributed by atoms with E-state index in [0.717, 1.165) is 57.5 Å². The van der Waals surface area contributed by atoms with Crippen LogP contribution in [0.25, 0.3) is 0 Å². The minimum absolute atomic E-state index is 0.0204. The van der Waals surface area contributed by atoms with Gasteiger partial charge in [0.05, 0.1) is 0 Å². The summed E-state index contributed by atoms with van der Waals surface area (Å²) in [6.45, 7) is 2.54. The van der Waals surface area contributed by atoms with Gasteiger partial charge in [0.1, 0.15) is 5.76 Å². The summed E-state index contributed by atoms with van der Waals surface area (Å²) in [5.41, 5.74) is 1.81. The standard InChI is InChI=1S/C21H27N3O2/c1-23(15-16-6-3-2-4-7-16)18-8-5-12-24(13-11-18)21(25)19-14-20(26-22-19)17-9-10-17/h2-4,6-7,14,17-18H,5,8-13,15H2,1H3/t18-/m0/s1. The lowest BCUT2D eigenvalue weighted by atomic mass is 10.1. The van der Waals surface area contributed by atoms with E-state index in [-0.39, 0.29) is 5.91 Å². The van der Waals surface area contributed by atoms with Crippen LogP contribution >= 0.6 is 0 Å². The number of likely N-dealkylation sites (tertiary alicyclic amines) is 1. The Labute approximate surface area is 155 Å². The van der Waals surface area contributed by atoms with Crippen molar-refractivity contribution in [3.8, 4) is 0 Å². The Morgan fingerprint density at radius 3 is 2.77 bits per heavy atom. The number of hydrogen-bond donors (Lipinski definition) is 0. The van der Waals surface area contributed by atoms with E-state index in [4.69, 9.17) is 4.52 Å². The summed E-state index contributed by atoms with van der Waals surface area (Å²) in [6, 6.07) is 12.9. The predicted octanol–water partition coefficient (Wildman–Crippen LogP) is 3.68. The van der Waals surface area contributed by atoms with Gasteiger partial charge in [0, 0.05) is 37.7 Å². The molecule has 2 aliphatic rings. The van der Waals surface area contributed by atoms with Crippen molar-refractivity contribution in [3.05, 3.63) is 53.4 Å². The molecule has 1 aliphatic carbocycles. The minimum Gasteiger partial charge on any atom is -0.360 e. The monoisotopic (exact) mass is 353 g/mol. The SMILES string of the molecule is CN(Cc1ccccc1)[C@H]1CCCN(C(=O)c2cc(C3CC3)on2)CC1. The van der Waals surface area contributed by atoms with Crippen LogP contribution in [0, 0.1) is 0 Å². The highest BCUT2D eigenvalue weighted by molar-refractivity contribution is 5.92. The highest BCUT2D eigenvalue weighted by Gasteiger charge is 2.30. The lowest BCUT2D eigenvalue weighted by Crippen LogP contribution is -2.35. The number of carbonyl (C=O) groups excluding carboxylic acids is 1. The van der Waals surface area contributed by atoms with Crippen molar-refractivity contribution in [2.45, 2.75) is 50.6 Å². The summed E-state index contributed by atoms with van der Waals surface area (Å²) in [5.74, 6) is 1.39. The van der Waals surface area contributed by atoms with Gasteiger partial charge < -0.3 is 9.42 Å². The maximum atomic E-state index is 12.8. The molecule has 2 aromatic rings. The molecule has 5 heteroatoms. The van der Waals surface area contributed by atoms with E-state index in [9.17, 15) is 4.79 Å². The van der Waals surface area contributed by atoms with Crippen LogP contribution in [0.4, 0.5) is 0 Å². The molecule has 0 bridgehead atoms. The van der Waals surface area contributed by atoms with E-state index in [1.54, 1.807) is 0 Å². The molecular weight excluding hydrogens is 326 g/mol. The van der Waals surface area contributed by atoms with Crippen LogP contribution in [0.2, 0.25) is 0 Å². The molecule has 2 heterocycles. The highest BCUT2D eigenvalue weighted by atomic mass is 16.5. The molecule has 1 saturated heterocycles. The third-order valence-corrected chi connectivity index (χ3v) is 5.61. The van der Waals surface area contributed by atoms with Crippen LogP contribution in [-0.2, 0) is 6.54 Å². The largest absolute Gasteiger partial charge is 0.360 e. The van der Waals surface area contributed by atoms with Crippen LogP contribution in [0.15, 0.2) is 40.9 Å². The van der Waals surface area contributed by atoms with Gasteiger partial charge in [-0.1, -0.05) is 35.5 Å². The van der Waals surface area contributed by atoms with Gasteiger partial charge in [-0.05, 0) is 44.7 Å². The summed E-state index contributed by atoms with van der Waals surface area (Å²) >= 11 is 0. The summed E-state index contributed by atoms with van der Waals surface area (Å²) in [5, 5.41) is 4.02. The maximum absolute atomic E-state index is 12.8. The van der Waals surface area contributed by atoms with Crippen molar-refractivity contribution in [3.63, 3.8) is 0 Å². The van der Waals surface area contributed by atoms with Crippen LogP contribution in [0.3, 0.4) is 0 Å². The number of nitrogens with zero attached hydrogens (tertiary/aromatic N) is 3. The number of aromatic nitrogens is 1. The number of amides is 1. The van der Waals surface area contributed by atoms with Gasteiger partial charge >= 0.3 is 0 Å². The van der Waals surface area contributed by atoms with E-state index in [0.29, 0.717) is 17.7 Å². The van der Waals surface area contributed by atoms with E-state index < -0.39 is 0 Å². The Morgan fingerprint density at radius 1 is 1.19 bits per heavy atom. The van der Waals surface area contributed by atoms with Crippen LogP contribution in [0.1, 0.15) is 59.8 Å². The van der Waals surface area contributed by atoms with Gasteiger partial charge in [-0.2, -0.15) is 0 Å². The Kier molecular flexibility index (Phi) is 5.07. The second-order valence-corrected chi connectivity index (χ2v) is 7.67. The molecule has 1 aromatic carbocycles. The first-order chi connectivity index (χ1) is 12.7. The van der Waals surface area contributed by atoms with E-state index in [1.165, 1.54) is 5.56 Å². The molecule has 4 rings (SSSR count). The molecule has 5 nitrogen and oxygen atoms in total. The minimum atomic E-state index is 0.0204. The van der Waals surface area contributed by atoms with Crippen LogP contribution in [-0.4, -0.2) is 47.0 Å². The average Bonchev–Trinajstić information content (AvgIpc) is 3.44. The lowest BCUT2D eigenvalue weighted by Gasteiger charge is -2.27. The molecule has 2 fully saturated rings. The van der Waals surface area contributed by atoms with E-state index in [2.05, 4.69) is 47.4 Å². The van der Waals surface area contributed by atoms with E-state index in [1.807, 2.05) is 11.0 Å². The van der Waals surface area contributed by atoms with Crippen LogP contribution in [0.5, 0.6) is 0 Å². The van der Waals surface area contributed by atoms with Gasteiger partial charge in [0.2, 0.25) is 0 Å². The molecule has 0 unspecified atom stereocenters. The summed E-state index contributed by atoms with van der Waals surface area (Å²) in [4.78, 5) is 17.1. The van der Waals surface area contributed by atoms with Gasteiger partial charge in [0.15, 0.2) is 5.69 Å². The van der Waals surface area contributed by atoms with Gasteiger partial charge in [0.25, 0.3) is 5.91 Å². The Morgan fingerprint density at radius 2 is 2.00 bits per heavy atom. The first-order valence-corrected chi connectivity index (χ1v) is 9.71. The van der Waals surface area contributed by atoms with Crippen molar-refractivity contribution in [2.75, 3.05) is 20.1 Å². The van der Waals surface area contributed by atoms with Crippen molar-refractivity contribution >= 4 is 5.91 Å². The second-order valence-electron chi connectivity index (χ2n) is 7.67. The number of hydrogen-bond acceptors (Lipinski definition) is 4. The van der Waals surface area contributed by atoms with E-state index >= 15 is 0 Å². The van der Waals surface area contributed by atoms with Crippen molar-refractivity contribution in [1.29, 1.82) is 0 Å². The quantitative estimate of drug-likeness (QED) is 0.823. The number of benzene rings is 1. The number of carbonyl (C=O) groups is 1. The smallest absolute Gasteiger partial charge is 0.276 e. The van der Waals surface area contributed by atoms with Crippen molar-refractivity contribution < 1.29 is 9.32 Å².